The summed E-state index contributed by atoms with van der Waals surface area (Å²) < 4.78 is 5.37. The van der Waals surface area contributed by atoms with Gasteiger partial charge in [0.25, 0.3) is 5.69 Å². The van der Waals surface area contributed by atoms with Crippen molar-refractivity contribution in [3.05, 3.63) is 76.2 Å². The molecule has 0 aliphatic carbocycles. The number of carbonyl (C=O) groups excluding carboxylic acids is 1. The van der Waals surface area contributed by atoms with Crippen molar-refractivity contribution >= 4 is 11.6 Å². The first-order valence-electron chi connectivity index (χ1n) is 10.6. The van der Waals surface area contributed by atoms with E-state index < -0.39 is 4.92 Å². The molecule has 0 N–H and O–H groups in total. The molecule has 168 valence electrons. The van der Waals surface area contributed by atoms with Gasteiger partial charge in [-0.3, -0.25) is 14.9 Å². The Morgan fingerprint density at radius 2 is 1.88 bits per heavy atom. The van der Waals surface area contributed by atoms with E-state index in [1.54, 1.807) is 12.1 Å². The van der Waals surface area contributed by atoms with E-state index in [4.69, 9.17) is 4.52 Å². The summed E-state index contributed by atoms with van der Waals surface area (Å²) in [5.74, 6) is 0.722. The van der Waals surface area contributed by atoms with Gasteiger partial charge in [-0.1, -0.05) is 68.4 Å². The maximum Gasteiger partial charge on any atom is 0.270 e. The van der Waals surface area contributed by atoms with Gasteiger partial charge in [0.2, 0.25) is 17.6 Å². The molecule has 0 radical (unpaired) electrons. The van der Waals surface area contributed by atoms with Crippen LogP contribution in [0.5, 0.6) is 0 Å². The highest BCUT2D eigenvalue weighted by atomic mass is 16.6. The normalized spacial score (nSPS) is 12.4. The zero-order valence-corrected chi connectivity index (χ0v) is 18.8. The van der Waals surface area contributed by atoms with Crippen LogP contribution in [0.25, 0.3) is 11.4 Å². The summed E-state index contributed by atoms with van der Waals surface area (Å²) in [6, 6.07) is 15.9. The number of nitrogens with zero attached hydrogens (tertiary/aromatic N) is 4. The Bertz CT molecular complexity index is 1070. The number of non-ortho nitro benzene ring substituents is 1. The SMILES string of the molecule is CC(c1ccccc1)N(CCc1nc(-c2cccc([N+](=O)[O-])c2)no1)C(=O)CC(C)(C)C. The molecule has 1 amide bonds. The molecule has 0 aliphatic rings. The van der Waals surface area contributed by atoms with Crippen LogP contribution in [-0.2, 0) is 11.2 Å². The number of nitro groups is 1. The van der Waals surface area contributed by atoms with E-state index in [9.17, 15) is 14.9 Å². The van der Waals surface area contributed by atoms with Crippen molar-refractivity contribution in [2.24, 2.45) is 5.41 Å². The van der Waals surface area contributed by atoms with Crippen LogP contribution in [0.2, 0.25) is 0 Å². The second kappa shape index (κ2) is 9.72. The van der Waals surface area contributed by atoms with Crippen molar-refractivity contribution in [3.63, 3.8) is 0 Å². The van der Waals surface area contributed by atoms with Crippen LogP contribution in [0, 0.1) is 15.5 Å². The topological polar surface area (TPSA) is 102 Å². The number of hydrogen-bond acceptors (Lipinski definition) is 6. The molecular formula is C24H28N4O4. The highest BCUT2D eigenvalue weighted by Crippen LogP contribution is 2.26. The molecule has 0 aliphatic heterocycles. The molecular weight excluding hydrogens is 408 g/mol. The Hall–Kier alpha value is -3.55. The van der Waals surface area contributed by atoms with Gasteiger partial charge < -0.3 is 9.42 Å². The molecule has 0 bridgehead atoms. The minimum atomic E-state index is -0.464. The average Bonchev–Trinajstić information content (AvgIpc) is 3.22. The van der Waals surface area contributed by atoms with Crippen molar-refractivity contribution in [1.29, 1.82) is 0 Å². The fourth-order valence-electron chi connectivity index (χ4n) is 3.45. The minimum absolute atomic E-state index is 0.0375. The second-order valence-electron chi connectivity index (χ2n) is 8.98. The lowest BCUT2D eigenvalue weighted by atomic mass is 9.91. The maximum atomic E-state index is 13.1. The van der Waals surface area contributed by atoms with Crippen molar-refractivity contribution in [2.75, 3.05) is 6.54 Å². The Labute approximate surface area is 187 Å². The molecule has 0 spiro atoms. The number of hydrogen-bond donors (Lipinski definition) is 0. The molecule has 8 heteroatoms. The monoisotopic (exact) mass is 436 g/mol. The van der Waals surface area contributed by atoms with E-state index in [1.807, 2.05) is 62.9 Å². The lowest BCUT2D eigenvalue weighted by molar-refractivity contribution is -0.384. The van der Waals surface area contributed by atoms with Crippen molar-refractivity contribution in [3.8, 4) is 11.4 Å². The molecule has 8 nitrogen and oxygen atoms in total. The summed E-state index contributed by atoms with van der Waals surface area (Å²) in [7, 11) is 0. The fourth-order valence-corrected chi connectivity index (χ4v) is 3.45. The molecule has 0 saturated carbocycles. The van der Waals surface area contributed by atoms with E-state index in [-0.39, 0.29) is 28.9 Å². The molecule has 0 fully saturated rings. The van der Waals surface area contributed by atoms with Gasteiger partial charge in [-0.15, -0.1) is 0 Å². The first kappa shape index (κ1) is 23.1. The van der Waals surface area contributed by atoms with Crippen LogP contribution < -0.4 is 0 Å². The van der Waals surface area contributed by atoms with E-state index >= 15 is 0 Å². The number of nitro benzene ring substituents is 1. The van der Waals surface area contributed by atoms with Crippen LogP contribution in [-0.4, -0.2) is 32.4 Å². The van der Waals surface area contributed by atoms with E-state index in [2.05, 4.69) is 10.1 Å². The third-order valence-corrected chi connectivity index (χ3v) is 5.10. The van der Waals surface area contributed by atoms with Gasteiger partial charge in [-0.25, -0.2) is 0 Å². The summed E-state index contributed by atoms with van der Waals surface area (Å²) in [6.07, 6.45) is 0.807. The standard InChI is InChI=1S/C24H28N4O4/c1-17(18-9-6-5-7-10-18)27(22(29)16-24(2,3)4)14-13-21-25-23(26-32-21)19-11-8-12-20(15-19)28(30)31/h5-12,15,17H,13-14,16H2,1-4H3. The molecule has 0 saturated heterocycles. The van der Waals surface area contributed by atoms with Crippen LogP contribution >= 0.6 is 0 Å². The van der Waals surface area contributed by atoms with Gasteiger partial charge in [0, 0.05) is 37.1 Å². The molecule has 1 atom stereocenters. The van der Waals surface area contributed by atoms with Crippen LogP contribution in [0.4, 0.5) is 5.69 Å². The minimum Gasteiger partial charge on any atom is -0.339 e. The average molecular weight is 437 g/mol. The van der Waals surface area contributed by atoms with Crippen molar-refractivity contribution < 1.29 is 14.2 Å². The molecule has 3 aromatic rings. The first-order chi connectivity index (χ1) is 15.1. The predicted molar refractivity (Wildman–Crippen MR) is 121 cm³/mol. The maximum absolute atomic E-state index is 13.1. The van der Waals surface area contributed by atoms with E-state index in [1.165, 1.54) is 12.1 Å². The van der Waals surface area contributed by atoms with Crippen LogP contribution in [0.3, 0.4) is 0 Å². The first-order valence-corrected chi connectivity index (χ1v) is 10.6. The number of benzene rings is 2. The summed E-state index contributed by atoms with van der Waals surface area (Å²) in [6.45, 7) is 8.55. The molecule has 3 rings (SSSR count). The van der Waals surface area contributed by atoms with Gasteiger partial charge >= 0.3 is 0 Å². The Kier molecular flexibility index (Phi) is 7.02. The fraction of sp³-hybridized carbons (Fsp3) is 0.375. The Morgan fingerprint density at radius 1 is 1.16 bits per heavy atom. The summed E-state index contributed by atoms with van der Waals surface area (Å²) >= 11 is 0. The van der Waals surface area contributed by atoms with Gasteiger partial charge in [-0.2, -0.15) is 4.98 Å². The molecule has 1 unspecified atom stereocenters. The van der Waals surface area contributed by atoms with Gasteiger partial charge in [-0.05, 0) is 17.9 Å². The largest absolute Gasteiger partial charge is 0.339 e. The quantitative estimate of drug-likeness (QED) is 0.355. The second-order valence-corrected chi connectivity index (χ2v) is 8.98. The molecule has 1 heterocycles. The number of aromatic nitrogens is 2. The number of carbonyl (C=O) groups is 1. The third kappa shape index (κ3) is 6.00. The summed E-state index contributed by atoms with van der Waals surface area (Å²) in [5, 5.41) is 15.0. The molecule has 32 heavy (non-hydrogen) atoms. The van der Waals surface area contributed by atoms with Crippen LogP contribution in [0.15, 0.2) is 59.1 Å². The lowest BCUT2D eigenvalue weighted by Crippen LogP contribution is -2.37. The van der Waals surface area contributed by atoms with Gasteiger partial charge in [0.15, 0.2) is 0 Å². The zero-order valence-electron chi connectivity index (χ0n) is 18.8. The van der Waals surface area contributed by atoms with Gasteiger partial charge in [0.1, 0.15) is 0 Å². The molecule has 1 aromatic heterocycles. The molecule has 2 aromatic carbocycles. The van der Waals surface area contributed by atoms with Crippen molar-refractivity contribution in [2.45, 2.75) is 46.6 Å². The van der Waals surface area contributed by atoms with E-state index in [0.29, 0.717) is 30.8 Å². The third-order valence-electron chi connectivity index (χ3n) is 5.10. The predicted octanol–water partition coefficient (Wildman–Crippen LogP) is 5.21. The zero-order chi connectivity index (χ0) is 23.3. The Morgan fingerprint density at radius 3 is 2.53 bits per heavy atom. The van der Waals surface area contributed by atoms with Gasteiger partial charge in [0.05, 0.1) is 11.0 Å². The van der Waals surface area contributed by atoms with E-state index in [0.717, 1.165) is 5.56 Å². The highest BCUT2D eigenvalue weighted by molar-refractivity contribution is 5.77. The highest BCUT2D eigenvalue weighted by Gasteiger charge is 2.26. The number of amides is 1. The smallest absolute Gasteiger partial charge is 0.270 e. The van der Waals surface area contributed by atoms with Crippen molar-refractivity contribution in [1.82, 2.24) is 15.0 Å². The Balaban J connectivity index is 1.77. The van der Waals surface area contributed by atoms with Crippen LogP contribution in [0.1, 0.15) is 51.6 Å². The summed E-state index contributed by atoms with van der Waals surface area (Å²) in [5.41, 5.74) is 1.39. The lowest BCUT2D eigenvalue weighted by Gasteiger charge is -2.32. The summed E-state index contributed by atoms with van der Waals surface area (Å²) in [4.78, 5) is 29.9. The number of rotatable bonds is 8.